The lowest BCUT2D eigenvalue weighted by Crippen LogP contribution is -2.51. The summed E-state index contributed by atoms with van der Waals surface area (Å²) in [5.41, 5.74) is 1.53. The molecule has 8 heteroatoms. The highest BCUT2D eigenvalue weighted by Crippen LogP contribution is 2.22. The number of sulfonamides is 1. The topological polar surface area (TPSA) is 86.8 Å². The van der Waals surface area contributed by atoms with Gasteiger partial charge in [0.1, 0.15) is 0 Å². The number of amides is 2. The summed E-state index contributed by atoms with van der Waals surface area (Å²) in [5.74, 6) is -0.833. The Kier molecular flexibility index (Phi) is 6.93. The molecule has 31 heavy (non-hydrogen) atoms. The molecule has 1 saturated heterocycles. The smallest absolute Gasteiger partial charge is 0.257 e. The zero-order valence-corrected chi connectivity index (χ0v) is 19.0. The van der Waals surface area contributed by atoms with Gasteiger partial charge in [-0.15, -0.1) is 0 Å². The first-order valence-electron chi connectivity index (χ1n) is 10.3. The zero-order chi connectivity index (χ0) is 22.6. The first kappa shape index (κ1) is 23.1. The van der Waals surface area contributed by atoms with Crippen LogP contribution in [0, 0.1) is 0 Å². The maximum Gasteiger partial charge on any atom is 0.257 e. The van der Waals surface area contributed by atoms with E-state index in [1.54, 1.807) is 42.5 Å². The van der Waals surface area contributed by atoms with E-state index in [0.29, 0.717) is 31.7 Å². The number of piperazine rings is 1. The van der Waals surface area contributed by atoms with E-state index < -0.39 is 21.8 Å². The van der Waals surface area contributed by atoms with Gasteiger partial charge in [-0.1, -0.05) is 51.1 Å². The van der Waals surface area contributed by atoms with Crippen molar-refractivity contribution in [2.45, 2.75) is 31.1 Å². The molecule has 1 aliphatic rings. The van der Waals surface area contributed by atoms with Crippen LogP contribution in [0.4, 0.5) is 0 Å². The van der Waals surface area contributed by atoms with E-state index in [4.69, 9.17) is 0 Å². The van der Waals surface area contributed by atoms with E-state index in [-0.39, 0.29) is 16.9 Å². The van der Waals surface area contributed by atoms with E-state index in [0.717, 1.165) is 5.56 Å². The molecule has 1 N–H and O–H groups in total. The maximum absolute atomic E-state index is 12.7. The summed E-state index contributed by atoms with van der Waals surface area (Å²) in [7, 11) is -3.53. The molecule has 3 rings (SSSR count). The molecule has 1 heterocycles. The number of nitrogens with one attached hydrogen (secondary N) is 1. The van der Waals surface area contributed by atoms with Crippen molar-refractivity contribution in [3.63, 3.8) is 0 Å². The summed E-state index contributed by atoms with van der Waals surface area (Å²) in [6.07, 6.45) is 0. The van der Waals surface area contributed by atoms with Gasteiger partial charge in [0.05, 0.1) is 11.4 Å². The molecule has 7 nitrogen and oxygen atoms in total. The lowest BCUT2D eigenvalue weighted by Gasteiger charge is -2.33. The van der Waals surface area contributed by atoms with Gasteiger partial charge in [-0.2, -0.15) is 4.31 Å². The van der Waals surface area contributed by atoms with Gasteiger partial charge in [-0.25, -0.2) is 8.42 Å². The van der Waals surface area contributed by atoms with Crippen molar-refractivity contribution >= 4 is 21.8 Å². The standard InChI is InChI=1S/C23H29N3O4S/c1-23(2,3)19-11-9-18(10-12-19)22(28)24-21(27)17-25-13-15-26(16-14-25)31(29,30)20-7-5-4-6-8-20/h4-12H,13-17H2,1-3H3,(H,24,27,28). The largest absolute Gasteiger partial charge is 0.292 e. The second-order valence-electron chi connectivity index (χ2n) is 8.70. The number of hydrogen-bond acceptors (Lipinski definition) is 5. The van der Waals surface area contributed by atoms with Crippen LogP contribution < -0.4 is 5.32 Å². The average Bonchev–Trinajstić information content (AvgIpc) is 2.74. The Morgan fingerprint density at radius 1 is 0.903 bits per heavy atom. The molecule has 0 aromatic heterocycles. The minimum absolute atomic E-state index is 0.0129. The summed E-state index contributed by atoms with van der Waals surface area (Å²) < 4.78 is 26.8. The first-order chi connectivity index (χ1) is 14.6. The van der Waals surface area contributed by atoms with Gasteiger partial charge in [0, 0.05) is 31.7 Å². The molecule has 2 amide bonds. The number of nitrogens with zero attached hydrogens (tertiary/aromatic N) is 2. The predicted molar refractivity (Wildman–Crippen MR) is 119 cm³/mol. The average molecular weight is 444 g/mol. The Hall–Kier alpha value is -2.55. The van der Waals surface area contributed by atoms with Crippen LogP contribution in [-0.2, 0) is 20.2 Å². The van der Waals surface area contributed by atoms with E-state index in [1.807, 2.05) is 17.0 Å². The van der Waals surface area contributed by atoms with Crippen molar-refractivity contribution in [3.8, 4) is 0 Å². The van der Waals surface area contributed by atoms with E-state index in [2.05, 4.69) is 26.1 Å². The van der Waals surface area contributed by atoms with Gasteiger partial charge in [-0.3, -0.25) is 19.8 Å². The third-order valence-electron chi connectivity index (χ3n) is 5.35. The van der Waals surface area contributed by atoms with Gasteiger partial charge in [-0.05, 0) is 35.2 Å². The number of carbonyl (C=O) groups is 2. The van der Waals surface area contributed by atoms with Crippen molar-refractivity contribution in [2.24, 2.45) is 0 Å². The van der Waals surface area contributed by atoms with Crippen molar-refractivity contribution in [1.29, 1.82) is 0 Å². The molecule has 1 aliphatic heterocycles. The molecule has 1 fully saturated rings. The lowest BCUT2D eigenvalue weighted by atomic mass is 9.87. The number of imide groups is 1. The van der Waals surface area contributed by atoms with Gasteiger partial charge in [0.25, 0.3) is 5.91 Å². The minimum atomic E-state index is -3.53. The molecule has 0 atom stereocenters. The third-order valence-corrected chi connectivity index (χ3v) is 7.26. The molecule has 2 aromatic carbocycles. The van der Waals surface area contributed by atoms with E-state index in [9.17, 15) is 18.0 Å². The first-order valence-corrected chi connectivity index (χ1v) is 11.7. The number of benzene rings is 2. The van der Waals surface area contributed by atoms with Crippen LogP contribution >= 0.6 is 0 Å². The Labute approximate surface area is 184 Å². The molecular formula is C23H29N3O4S. The minimum Gasteiger partial charge on any atom is -0.292 e. The predicted octanol–water partition coefficient (Wildman–Crippen LogP) is 2.25. The van der Waals surface area contributed by atoms with Gasteiger partial charge >= 0.3 is 0 Å². The monoisotopic (exact) mass is 443 g/mol. The van der Waals surface area contributed by atoms with Gasteiger partial charge in [0.2, 0.25) is 15.9 Å². The van der Waals surface area contributed by atoms with Crippen LogP contribution in [0.5, 0.6) is 0 Å². The highest BCUT2D eigenvalue weighted by atomic mass is 32.2. The van der Waals surface area contributed by atoms with E-state index >= 15 is 0 Å². The zero-order valence-electron chi connectivity index (χ0n) is 18.2. The Bertz CT molecular complexity index is 1020. The summed E-state index contributed by atoms with van der Waals surface area (Å²) in [5, 5.41) is 2.42. The van der Waals surface area contributed by atoms with Gasteiger partial charge in [0.15, 0.2) is 0 Å². The Morgan fingerprint density at radius 2 is 1.48 bits per heavy atom. The fraction of sp³-hybridized carbons (Fsp3) is 0.391. The summed E-state index contributed by atoms with van der Waals surface area (Å²) >= 11 is 0. The highest BCUT2D eigenvalue weighted by molar-refractivity contribution is 7.89. The van der Waals surface area contributed by atoms with Crippen LogP contribution in [0.2, 0.25) is 0 Å². The lowest BCUT2D eigenvalue weighted by molar-refractivity contribution is -0.121. The van der Waals surface area contributed by atoms with Crippen molar-refractivity contribution < 1.29 is 18.0 Å². The highest BCUT2D eigenvalue weighted by Gasteiger charge is 2.29. The van der Waals surface area contributed by atoms with Crippen LogP contribution in [0.25, 0.3) is 0 Å². The van der Waals surface area contributed by atoms with Crippen LogP contribution in [0.3, 0.4) is 0 Å². The van der Waals surface area contributed by atoms with Crippen LogP contribution in [0.15, 0.2) is 59.5 Å². The molecule has 2 aromatic rings. The summed E-state index contributed by atoms with van der Waals surface area (Å²) in [6.45, 7) is 7.77. The second kappa shape index (κ2) is 9.30. The molecule has 0 aliphatic carbocycles. The molecule has 0 radical (unpaired) electrons. The van der Waals surface area contributed by atoms with Crippen LogP contribution in [0.1, 0.15) is 36.7 Å². The number of hydrogen-bond donors (Lipinski definition) is 1. The molecule has 0 unspecified atom stereocenters. The van der Waals surface area contributed by atoms with Crippen molar-refractivity contribution in [2.75, 3.05) is 32.7 Å². The molecule has 0 saturated carbocycles. The fourth-order valence-corrected chi connectivity index (χ4v) is 4.88. The van der Waals surface area contributed by atoms with E-state index in [1.165, 1.54) is 4.31 Å². The fourth-order valence-electron chi connectivity index (χ4n) is 3.43. The SMILES string of the molecule is CC(C)(C)c1ccc(C(=O)NC(=O)CN2CCN(S(=O)(=O)c3ccccc3)CC2)cc1. The van der Waals surface area contributed by atoms with Gasteiger partial charge < -0.3 is 0 Å². The second-order valence-corrected chi connectivity index (χ2v) is 10.6. The molecule has 0 spiro atoms. The van der Waals surface area contributed by atoms with Crippen molar-refractivity contribution in [3.05, 3.63) is 65.7 Å². The normalized spacial score (nSPS) is 16.1. The Balaban J connectivity index is 1.50. The van der Waals surface area contributed by atoms with Crippen LogP contribution in [-0.4, -0.2) is 62.2 Å². The molecule has 0 bridgehead atoms. The number of rotatable bonds is 5. The molecule has 166 valence electrons. The molecular weight excluding hydrogens is 414 g/mol. The van der Waals surface area contributed by atoms with Crippen molar-refractivity contribution in [1.82, 2.24) is 14.5 Å². The summed E-state index contributed by atoms with van der Waals surface area (Å²) in [6, 6.07) is 15.5. The third kappa shape index (κ3) is 5.78. The quantitative estimate of drug-likeness (QED) is 0.766. The maximum atomic E-state index is 12.7. The Morgan fingerprint density at radius 3 is 2.03 bits per heavy atom. The number of carbonyl (C=O) groups excluding carboxylic acids is 2. The summed E-state index contributed by atoms with van der Waals surface area (Å²) in [4.78, 5) is 26.8.